The first kappa shape index (κ1) is 31.6. The van der Waals surface area contributed by atoms with Crippen molar-refractivity contribution in [2.45, 2.75) is 56.5 Å². The summed E-state index contributed by atoms with van der Waals surface area (Å²) in [5, 5.41) is 3.37. The monoisotopic (exact) mass is 612 g/mol. The van der Waals surface area contributed by atoms with Crippen molar-refractivity contribution < 1.29 is 35.9 Å². The van der Waals surface area contributed by atoms with Crippen molar-refractivity contribution in [3.8, 4) is 0 Å². The molecule has 2 aromatic carbocycles. The maximum Gasteiger partial charge on any atom is 0.416 e. The number of benzene rings is 2. The van der Waals surface area contributed by atoms with E-state index < -0.39 is 34.8 Å². The molecule has 3 fully saturated rings. The topological polar surface area (TPSA) is 48.1 Å². The number of rotatable bonds is 5. The average molecular weight is 613 g/mol. The summed E-state index contributed by atoms with van der Waals surface area (Å²) in [6, 6.07) is 7.44. The molecule has 1 amide bonds. The van der Waals surface area contributed by atoms with E-state index in [4.69, 9.17) is 4.74 Å². The van der Waals surface area contributed by atoms with Gasteiger partial charge in [0.1, 0.15) is 0 Å². The normalized spacial score (nSPS) is 23.8. The Bertz CT molecular complexity index is 1310. The van der Waals surface area contributed by atoms with Gasteiger partial charge in [-0.25, -0.2) is 0 Å². The number of alkyl halides is 6. The van der Waals surface area contributed by atoms with Gasteiger partial charge in [0.2, 0.25) is 5.91 Å². The number of anilines is 1. The average Bonchev–Trinajstić information content (AvgIpc) is 3.44. The third kappa shape index (κ3) is 6.23. The van der Waals surface area contributed by atoms with E-state index in [0.29, 0.717) is 31.8 Å². The highest BCUT2D eigenvalue weighted by Gasteiger charge is 2.44. The van der Waals surface area contributed by atoms with E-state index in [2.05, 4.69) is 21.2 Å². The number of carbonyl (C=O) groups is 1. The highest BCUT2D eigenvalue weighted by molar-refractivity contribution is 5.88. The van der Waals surface area contributed by atoms with Gasteiger partial charge in [-0.05, 0) is 61.7 Å². The second-order valence-electron chi connectivity index (χ2n) is 12.4. The van der Waals surface area contributed by atoms with Gasteiger partial charge in [-0.3, -0.25) is 9.69 Å². The van der Waals surface area contributed by atoms with Crippen LogP contribution >= 0.6 is 0 Å². The molecule has 3 aliphatic rings. The SMILES string of the molecule is Cc1cccc(N2CCN3CCOCC3C2)c1C1CNCC1N(C)C(=O)C(C)(C)c1cc(C(F)(F)F)cc(C(F)(F)F)c1. The molecule has 6 nitrogen and oxygen atoms in total. The minimum absolute atomic E-state index is 0.0870. The van der Waals surface area contributed by atoms with Crippen molar-refractivity contribution in [3.63, 3.8) is 0 Å². The second kappa shape index (κ2) is 11.6. The summed E-state index contributed by atoms with van der Waals surface area (Å²) in [6.45, 7) is 10.7. The molecule has 2 aromatic rings. The Morgan fingerprint density at radius 1 is 0.953 bits per heavy atom. The van der Waals surface area contributed by atoms with Crippen molar-refractivity contribution >= 4 is 11.6 Å². The van der Waals surface area contributed by atoms with Gasteiger partial charge in [-0.15, -0.1) is 0 Å². The molecule has 0 aromatic heterocycles. The quantitative estimate of drug-likeness (QED) is 0.480. The van der Waals surface area contributed by atoms with Gasteiger partial charge in [0.05, 0.1) is 41.8 Å². The molecule has 3 aliphatic heterocycles. The molecule has 1 N–H and O–H groups in total. The number of amides is 1. The second-order valence-corrected chi connectivity index (χ2v) is 12.4. The fraction of sp³-hybridized carbons (Fsp3) is 0.581. The molecule has 3 heterocycles. The molecule has 3 unspecified atom stereocenters. The first-order valence-electron chi connectivity index (χ1n) is 14.5. The van der Waals surface area contributed by atoms with Crippen LogP contribution in [-0.2, 0) is 27.3 Å². The third-order valence-electron chi connectivity index (χ3n) is 9.29. The van der Waals surface area contributed by atoms with Crippen molar-refractivity contribution in [1.82, 2.24) is 15.1 Å². The van der Waals surface area contributed by atoms with E-state index in [9.17, 15) is 31.1 Å². The van der Waals surface area contributed by atoms with Crippen LogP contribution in [0.1, 0.15) is 47.6 Å². The first-order valence-corrected chi connectivity index (χ1v) is 14.5. The summed E-state index contributed by atoms with van der Waals surface area (Å²) >= 11 is 0. The number of carbonyl (C=O) groups excluding carboxylic acids is 1. The standard InChI is InChI=1S/C31H38F6N4O2/c1-19-6-5-7-25(41-9-8-40-10-11-43-18-23(40)17-41)27(19)24-15-38-16-26(24)39(4)28(42)29(2,3)20-12-21(30(32,33)34)14-22(13-20)31(35,36)37/h5-7,12-14,23-24,26,38H,8-11,15-18H2,1-4H3. The van der Waals surface area contributed by atoms with Crippen LogP contribution in [0.5, 0.6) is 0 Å². The summed E-state index contributed by atoms with van der Waals surface area (Å²) < 4.78 is 87.4. The van der Waals surface area contributed by atoms with Crippen LogP contribution in [-0.4, -0.2) is 87.3 Å². The van der Waals surface area contributed by atoms with Gasteiger partial charge < -0.3 is 19.9 Å². The molecule has 0 radical (unpaired) electrons. The Morgan fingerprint density at radius 2 is 1.60 bits per heavy atom. The summed E-state index contributed by atoms with van der Waals surface area (Å²) in [4.78, 5) is 20.3. The molecule has 3 saturated heterocycles. The zero-order valence-corrected chi connectivity index (χ0v) is 24.8. The van der Waals surface area contributed by atoms with E-state index >= 15 is 0 Å². The number of nitrogens with one attached hydrogen (secondary N) is 1. The van der Waals surface area contributed by atoms with Gasteiger partial charge in [0.25, 0.3) is 0 Å². The highest BCUT2D eigenvalue weighted by atomic mass is 19.4. The predicted molar refractivity (Wildman–Crippen MR) is 151 cm³/mol. The zero-order valence-electron chi connectivity index (χ0n) is 24.8. The lowest BCUT2D eigenvalue weighted by atomic mass is 9.80. The van der Waals surface area contributed by atoms with Gasteiger partial charge >= 0.3 is 12.4 Å². The third-order valence-corrected chi connectivity index (χ3v) is 9.29. The Labute approximate surface area is 248 Å². The number of hydrogen-bond donors (Lipinski definition) is 1. The maximum absolute atomic E-state index is 14.0. The number of morpholine rings is 1. The lowest BCUT2D eigenvalue weighted by Crippen LogP contribution is -2.58. The van der Waals surface area contributed by atoms with Gasteiger partial charge in [-0.1, -0.05) is 12.1 Å². The number of likely N-dealkylation sites (N-methyl/N-ethyl adjacent to an activating group) is 1. The fourth-order valence-electron chi connectivity index (χ4n) is 6.79. The minimum atomic E-state index is -5.00. The van der Waals surface area contributed by atoms with E-state index in [0.717, 1.165) is 49.6 Å². The van der Waals surface area contributed by atoms with Crippen LogP contribution in [0, 0.1) is 6.92 Å². The molecular weight excluding hydrogens is 574 g/mol. The molecule has 0 saturated carbocycles. The summed E-state index contributed by atoms with van der Waals surface area (Å²) in [7, 11) is 1.59. The molecule has 12 heteroatoms. The molecule has 0 bridgehead atoms. The number of halogens is 6. The van der Waals surface area contributed by atoms with Crippen molar-refractivity contribution in [2.75, 3.05) is 64.4 Å². The first-order chi connectivity index (χ1) is 20.1. The number of hydrogen-bond acceptors (Lipinski definition) is 5. The Morgan fingerprint density at radius 3 is 2.26 bits per heavy atom. The number of aryl methyl sites for hydroxylation is 1. The van der Waals surface area contributed by atoms with Crippen LogP contribution in [0.25, 0.3) is 0 Å². The van der Waals surface area contributed by atoms with E-state index in [1.807, 2.05) is 19.1 Å². The molecule has 43 heavy (non-hydrogen) atoms. The van der Waals surface area contributed by atoms with Crippen LogP contribution in [0.15, 0.2) is 36.4 Å². The highest BCUT2D eigenvalue weighted by Crippen LogP contribution is 2.41. The number of nitrogens with zero attached hydrogens (tertiary/aromatic N) is 3. The van der Waals surface area contributed by atoms with E-state index in [1.54, 1.807) is 7.05 Å². The lowest BCUT2D eigenvalue weighted by molar-refractivity contribution is -0.144. The fourth-order valence-corrected chi connectivity index (χ4v) is 6.79. The number of piperazine rings is 1. The van der Waals surface area contributed by atoms with Gasteiger partial charge in [0, 0.05) is 57.9 Å². The van der Waals surface area contributed by atoms with Gasteiger partial charge in [0.15, 0.2) is 0 Å². The van der Waals surface area contributed by atoms with Crippen LogP contribution in [0.2, 0.25) is 0 Å². The van der Waals surface area contributed by atoms with Crippen molar-refractivity contribution in [1.29, 1.82) is 0 Å². The largest absolute Gasteiger partial charge is 0.416 e. The molecule has 0 spiro atoms. The van der Waals surface area contributed by atoms with Crippen LogP contribution < -0.4 is 10.2 Å². The molecule has 0 aliphatic carbocycles. The van der Waals surface area contributed by atoms with Crippen LogP contribution in [0.4, 0.5) is 32.0 Å². The van der Waals surface area contributed by atoms with Crippen molar-refractivity contribution in [3.05, 3.63) is 64.2 Å². The lowest BCUT2D eigenvalue weighted by Gasteiger charge is -2.45. The summed E-state index contributed by atoms with van der Waals surface area (Å²) in [5.41, 5.74) is -1.63. The maximum atomic E-state index is 14.0. The molecule has 5 rings (SSSR count). The number of ether oxygens (including phenoxy) is 1. The van der Waals surface area contributed by atoms with E-state index in [1.165, 1.54) is 18.7 Å². The Kier molecular flexibility index (Phi) is 8.51. The predicted octanol–water partition coefficient (Wildman–Crippen LogP) is 5.05. The molecule has 236 valence electrons. The Balaban J connectivity index is 1.45. The Hall–Kier alpha value is -2.83. The summed E-state index contributed by atoms with van der Waals surface area (Å²) in [5.74, 6) is -0.685. The summed E-state index contributed by atoms with van der Waals surface area (Å²) in [6.07, 6.45) is -10.0. The van der Waals surface area contributed by atoms with Crippen LogP contribution in [0.3, 0.4) is 0 Å². The van der Waals surface area contributed by atoms with Gasteiger partial charge in [-0.2, -0.15) is 26.3 Å². The van der Waals surface area contributed by atoms with E-state index in [-0.39, 0.29) is 29.6 Å². The van der Waals surface area contributed by atoms with Crippen molar-refractivity contribution in [2.24, 2.45) is 0 Å². The molecular formula is C31H38F6N4O2. The smallest absolute Gasteiger partial charge is 0.378 e. The number of fused-ring (bicyclic) bond motifs is 1. The molecule has 3 atom stereocenters. The zero-order chi connectivity index (χ0) is 31.3. The minimum Gasteiger partial charge on any atom is -0.378 e.